The third-order valence-electron chi connectivity index (χ3n) is 3.82. The van der Waals surface area contributed by atoms with E-state index in [4.69, 9.17) is 11.6 Å². The van der Waals surface area contributed by atoms with Crippen LogP contribution in [0, 0.1) is 0 Å². The maximum absolute atomic E-state index is 12.4. The highest BCUT2D eigenvalue weighted by Gasteiger charge is 2.26. The summed E-state index contributed by atoms with van der Waals surface area (Å²) in [5.41, 5.74) is 1.59. The third kappa shape index (κ3) is 3.84. The van der Waals surface area contributed by atoms with Gasteiger partial charge in [-0.15, -0.1) is 0 Å². The van der Waals surface area contributed by atoms with Crippen molar-refractivity contribution < 1.29 is 18.3 Å². The molecule has 0 aliphatic rings. The first kappa shape index (κ1) is 17.5. The number of sulfonamides is 1. The van der Waals surface area contributed by atoms with E-state index in [9.17, 15) is 18.3 Å². The van der Waals surface area contributed by atoms with Crippen molar-refractivity contribution in [3.63, 3.8) is 0 Å². The molecule has 8 heteroatoms. The Morgan fingerprint density at radius 2 is 1.84 bits per heavy atom. The first-order chi connectivity index (χ1) is 11.9. The number of para-hydroxylation sites is 1. The Morgan fingerprint density at radius 3 is 2.52 bits per heavy atom. The molecule has 3 aromatic rings. The van der Waals surface area contributed by atoms with Gasteiger partial charge in [0.1, 0.15) is 6.04 Å². The van der Waals surface area contributed by atoms with Crippen LogP contribution in [0.2, 0.25) is 5.02 Å². The van der Waals surface area contributed by atoms with Gasteiger partial charge in [-0.05, 0) is 35.9 Å². The van der Waals surface area contributed by atoms with Crippen molar-refractivity contribution in [2.75, 3.05) is 0 Å². The molecule has 0 spiro atoms. The van der Waals surface area contributed by atoms with Crippen molar-refractivity contribution in [2.24, 2.45) is 0 Å². The van der Waals surface area contributed by atoms with Crippen molar-refractivity contribution in [2.45, 2.75) is 17.4 Å². The Balaban J connectivity index is 1.86. The molecule has 0 fully saturated rings. The van der Waals surface area contributed by atoms with E-state index in [0.717, 1.165) is 16.5 Å². The number of benzene rings is 2. The van der Waals surface area contributed by atoms with Crippen LogP contribution in [0.15, 0.2) is 59.6 Å². The molecular formula is C17H15ClN2O4S. The number of carboxylic acids is 1. The molecule has 0 aliphatic carbocycles. The van der Waals surface area contributed by atoms with Crippen LogP contribution in [0.1, 0.15) is 5.56 Å². The van der Waals surface area contributed by atoms with Gasteiger partial charge in [-0.3, -0.25) is 4.79 Å². The summed E-state index contributed by atoms with van der Waals surface area (Å²) in [6.07, 6.45) is 1.71. The molecule has 6 nitrogen and oxygen atoms in total. The predicted molar refractivity (Wildman–Crippen MR) is 95.2 cm³/mol. The molecule has 0 radical (unpaired) electrons. The van der Waals surface area contributed by atoms with Gasteiger partial charge in [0, 0.05) is 28.5 Å². The Kier molecular flexibility index (Phi) is 4.80. The lowest BCUT2D eigenvalue weighted by atomic mass is 10.1. The normalized spacial score (nSPS) is 13.0. The molecule has 25 heavy (non-hydrogen) atoms. The van der Waals surface area contributed by atoms with E-state index in [-0.39, 0.29) is 11.3 Å². The number of carboxylic acid groups (broad SMARTS) is 1. The average Bonchev–Trinajstić information content (AvgIpc) is 2.97. The zero-order chi connectivity index (χ0) is 18.0. The van der Waals surface area contributed by atoms with Crippen molar-refractivity contribution in [3.8, 4) is 0 Å². The highest BCUT2D eigenvalue weighted by atomic mass is 35.5. The molecule has 0 bridgehead atoms. The van der Waals surface area contributed by atoms with Crippen molar-refractivity contribution in [1.82, 2.24) is 9.71 Å². The lowest BCUT2D eigenvalue weighted by Crippen LogP contribution is -2.42. The van der Waals surface area contributed by atoms with E-state index in [1.165, 1.54) is 24.3 Å². The van der Waals surface area contributed by atoms with E-state index in [1.807, 2.05) is 24.3 Å². The largest absolute Gasteiger partial charge is 0.480 e. The number of aromatic nitrogens is 1. The van der Waals surface area contributed by atoms with Crippen LogP contribution < -0.4 is 4.72 Å². The Labute approximate surface area is 149 Å². The Morgan fingerprint density at radius 1 is 1.16 bits per heavy atom. The van der Waals surface area contributed by atoms with Crippen LogP contribution in [0.4, 0.5) is 0 Å². The number of aromatic amines is 1. The number of aliphatic carboxylic acids is 1. The van der Waals surface area contributed by atoms with Crippen LogP contribution in [0.3, 0.4) is 0 Å². The monoisotopic (exact) mass is 378 g/mol. The van der Waals surface area contributed by atoms with Crippen LogP contribution in [-0.2, 0) is 21.2 Å². The molecule has 0 unspecified atom stereocenters. The summed E-state index contributed by atoms with van der Waals surface area (Å²) >= 11 is 5.76. The zero-order valence-electron chi connectivity index (χ0n) is 12.9. The number of hydrogen-bond acceptors (Lipinski definition) is 3. The SMILES string of the molecule is O=C(O)[C@H](Cc1c[nH]c2ccccc12)NS(=O)(=O)c1ccc(Cl)cc1. The number of rotatable bonds is 6. The fourth-order valence-corrected chi connectivity index (χ4v) is 3.88. The quantitative estimate of drug-likeness (QED) is 0.614. The van der Waals surface area contributed by atoms with E-state index >= 15 is 0 Å². The minimum Gasteiger partial charge on any atom is -0.480 e. The zero-order valence-corrected chi connectivity index (χ0v) is 14.5. The number of nitrogens with one attached hydrogen (secondary N) is 2. The lowest BCUT2D eigenvalue weighted by Gasteiger charge is -2.14. The van der Waals surface area contributed by atoms with Gasteiger partial charge < -0.3 is 10.1 Å². The van der Waals surface area contributed by atoms with Gasteiger partial charge in [0.05, 0.1) is 4.90 Å². The predicted octanol–water partition coefficient (Wildman–Crippen LogP) is 2.80. The summed E-state index contributed by atoms with van der Waals surface area (Å²) in [4.78, 5) is 14.6. The second-order valence-corrected chi connectivity index (χ2v) is 7.68. The topological polar surface area (TPSA) is 99.3 Å². The Bertz CT molecular complexity index is 1010. The first-order valence-electron chi connectivity index (χ1n) is 7.42. The summed E-state index contributed by atoms with van der Waals surface area (Å²) in [5.74, 6) is -1.25. The van der Waals surface area contributed by atoms with E-state index in [0.29, 0.717) is 5.02 Å². The van der Waals surface area contributed by atoms with Gasteiger partial charge in [-0.2, -0.15) is 4.72 Å². The second kappa shape index (κ2) is 6.87. The van der Waals surface area contributed by atoms with Crippen LogP contribution in [0.5, 0.6) is 0 Å². The third-order valence-corrected chi connectivity index (χ3v) is 5.56. The van der Waals surface area contributed by atoms with E-state index < -0.39 is 22.0 Å². The van der Waals surface area contributed by atoms with Gasteiger partial charge in [-0.1, -0.05) is 29.8 Å². The number of carbonyl (C=O) groups is 1. The summed E-state index contributed by atoms with van der Waals surface area (Å²) in [7, 11) is -3.98. The number of halogens is 1. The highest BCUT2D eigenvalue weighted by molar-refractivity contribution is 7.89. The van der Waals surface area contributed by atoms with Crippen molar-refractivity contribution in [3.05, 3.63) is 65.3 Å². The van der Waals surface area contributed by atoms with Crippen LogP contribution in [-0.4, -0.2) is 30.5 Å². The maximum atomic E-state index is 12.4. The van der Waals surface area contributed by atoms with Crippen LogP contribution >= 0.6 is 11.6 Å². The lowest BCUT2D eigenvalue weighted by molar-refractivity contribution is -0.138. The van der Waals surface area contributed by atoms with Gasteiger partial charge in [0.2, 0.25) is 10.0 Å². The molecular weight excluding hydrogens is 364 g/mol. The van der Waals surface area contributed by atoms with E-state index in [2.05, 4.69) is 9.71 Å². The smallest absolute Gasteiger partial charge is 0.322 e. The van der Waals surface area contributed by atoms with Crippen molar-refractivity contribution in [1.29, 1.82) is 0 Å². The van der Waals surface area contributed by atoms with Gasteiger partial charge >= 0.3 is 5.97 Å². The van der Waals surface area contributed by atoms with E-state index in [1.54, 1.807) is 6.20 Å². The molecule has 130 valence electrons. The average molecular weight is 379 g/mol. The molecule has 2 aromatic carbocycles. The highest BCUT2D eigenvalue weighted by Crippen LogP contribution is 2.20. The van der Waals surface area contributed by atoms with Gasteiger partial charge in [-0.25, -0.2) is 8.42 Å². The molecule has 3 rings (SSSR count). The first-order valence-corrected chi connectivity index (χ1v) is 9.28. The van der Waals surface area contributed by atoms with Gasteiger partial charge in [0.25, 0.3) is 0 Å². The molecule has 1 heterocycles. The standard InChI is InChI=1S/C17H15ClN2O4S/c18-12-5-7-13(8-6-12)25(23,24)20-16(17(21)22)9-11-10-19-15-4-2-1-3-14(11)15/h1-8,10,16,19-20H,9H2,(H,21,22)/t16-/m0/s1. The number of H-pyrrole nitrogens is 1. The maximum Gasteiger partial charge on any atom is 0.322 e. The molecule has 3 N–H and O–H groups in total. The summed E-state index contributed by atoms with van der Waals surface area (Å²) < 4.78 is 27.1. The minimum atomic E-state index is -3.98. The molecule has 0 aliphatic heterocycles. The fraction of sp³-hybridized carbons (Fsp3) is 0.118. The summed E-state index contributed by atoms with van der Waals surface area (Å²) in [6, 6.07) is 11.7. The number of hydrogen-bond donors (Lipinski definition) is 3. The summed E-state index contributed by atoms with van der Waals surface area (Å²) in [6.45, 7) is 0. The van der Waals surface area contributed by atoms with Crippen molar-refractivity contribution >= 4 is 38.5 Å². The molecule has 0 saturated carbocycles. The molecule has 1 atom stereocenters. The molecule has 0 amide bonds. The number of fused-ring (bicyclic) bond motifs is 1. The summed E-state index contributed by atoms with van der Waals surface area (Å²) in [5, 5.41) is 10.7. The minimum absolute atomic E-state index is 0.0200. The molecule has 0 saturated heterocycles. The van der Waals surface area contributed by atoms with Crippen LogP contribution in [0.25, 0.3) is 10.9 Å². The fourth-order valence-electron chi connectivity index (χ4n) is 2.57. The molecule has 1 aromatic heterocycles. The second-order valence-electron chi connectivity index (χ2n) is 5.53. The Hall–Kier alpha value is -2.35. The van der Waals surface area contributed by atoms with Gasteiger partial charge in [0.15, 0.2) is 0 Å².